The number of hydrogen-bond acceptors (Lipinski definition) is 4. The van der Waals surface area contributed by atoms with Gasteiger partial charge in [0.05, 0.1) is 0 Å². The minimum atomic E-state index is 0.204. The molecule has 0 saturated heterocycles. The summed E-state index contributed by atoms with van der Waals surface area (Å²) in [7, 11) is 0. The zero-order chi connectivity index (χ0) is 10.7. The highest BCUT2D eigenvalue weighted by Gasteiger charge is 2.04. The maximum absolute atomic E-state index is 5.74. The summed E-state index contributed by atoms with van der Waals surface area (Å²) < 4.78 is 5.17. The van der Waals surface area contributed by atoms with E-state index in [2.05, 4.69) is 15.5 Å². The molecule has 0 amide bonds. The topological polar surface area (TPSA) is 51.0 Å². The van der Waals surface area contributed by atoms with Crippen molar-refractivity contribution in [1.29, 1.82) is 0 Å². The average molecular weight is 244 g/mol. The van der Waals surface area contributed by atoms with Gasteiger partial charge in [0, 0.05) is 10.7 Å². The second kappa shape index (κ2) is 4.51. The SMILES string of the molecule is ClCc1nnc(Nc2ccc(Cl)cc2)o1. The highest BCUT2D eigenvalue weighted by atomic mass is 35.5. The zero-order valence-electron chi connectivity index (χ0n) is 7.58. The Hall–Kier alpha value is -1.26. The van der Waals surface area contributed by atoms with E-state index in [0.717, 1.165) is 5.69 Å². The molecule has 0 radical (unpaired) electrons. The van der Waals surface area contributed by atoms with E-state index in [-0.39, 0.29) is 5.88 Å². The lowest BCUT2D eigenvalue weighted by Crippen LogP contribution is -1.89. The van der Waals surface area contributed by atoms with Crippen molar-refractivity contribution >= 4 is 34.9 Å². The van der Waals surface area contributed by atoms with Gasteiger partial charge in [-0.1, -0.05) is 16.7 Å². The minimum absolute atomic E-state index is 0.204. The van der Waals surface area contributed by atoms with Gasteiger partial charge in [-0.3, -0.25) is 0 Å². The molecule has 15 heavy (non-hydrogen) atoms. The van der Waals surface area contributed by atoms with Gasteiger partial charge in [-0.15, -0.1) is 16.7 Å². The number of anilines is 2. The first-order valence-electron chi connectivity index (χ1n) is 4.19. The van der Waals surface area contributed by atoms with E-state index >= 15 is 0 Å². The highest BCUT2D eigenvalue weighted by molar-refractivity contribution is 6.30. The predicted molar refractivity (Wildman–Crippen MR) is 58.6 cm³/mol. The second-order valence-electron chi connectivity index (χ2n) is 2.77. The van der Waals surface area contributed by atoms with E-state index < -0.39 is 0 Å². The first-order valence-corrected chi connectivity index (χ1v) is 5.10. The van der Waals surface area contributed by atoms with E-state index in [9.17, 15) is 0 Å². The molecule has 0 bridgehead atoms. The van der Waals surface area contributed by atoms with Crippen LogP contribution < -0.4 is 5.32 Å². The molecule has 0 aliphatic rings. The largest absolute Gasteiger partial charge is 0.407 e. The van der Waals surface area contributed by atoms with Crippen molar-refractivity contribution in [3.05, 3.63) is 35.2 Å². The molecule has 2 rings (SSSR count). The smallest absolute Gasteiger partial charge is 0.320 e. The summed E-state index contributed by atoms with van der Waals surface area (Å²) in [5.41, 5.74) is 0.823. The Morgan fingerprint density at radius 2 is 1.93 bits per heavy atom. The Balaban J connectivity index is 2.11. The summed E-state index contributed by atoms with van der Waals surface area (Å²) in [4.78, 5) is 0. The number of benzene rings is 1. The lowest BCUT2D eigenvalue weighted by Gasteiger charge is -1.99. The number of rotatable bonds is 3. The first-order chi connectivity index (χ1) is 7.28. The van der Waals surface area contributed by atoms with Crippen molar-refractivity contribution < 1.29 is 4.42 Å². The van der Waals surface area contributed by atoms with Gasteiger partial charge in [-0.25, -0.2) is 0 Å². The Kier molecular flexibility index (Phi) is 3.08. The van der Waals surface area contributed by atoms with Crippen LogP contribution in [0.15, 0.2) is 28.7 Å². The van der Waals surface area contributed by atoms with Gasteiger partial charge < -0.3 is 9.73 Å². The molecule has 1 heterocycles. The van der Waals surface area contributed by atoms with Crippen LogP contribution >= 0.6 is 23.2 Å². The monoisotopic (exact) mass is 243 g/mol. The van der Waals surface area contributed by atoms with Crippen LogP contribution in [-0.4, -0.2) is 10.2 Å². The summed E-state index contributed by atoms with van der Waals surface area (Å²) in [6.07, 6.45) is 0. The highest BCUT2D eigenvalue weighted by Crippen LogP contribution is 2.18. The van der Waals surface area contributed by atoms with E-state index in [0.29, 0.717) is 16.9 Å². The number of nitrogens with zero attached hydrogens (tertiary/aromatic N) is 2. The molecular weight excluding hydrogens is 237 g/mol. The minimum Gasteiger partial charge on any atom is -0.407 e. The van der Waals surface area contributed by atoms with Gasteiger partial charge in [-0.2, -0.15) is 0 Å². The molecule has 0 atom stereocenters. The number of halogens is 2. The van der Waals surface area contributed by atoms with Crippen molar-refractivity contribution in [1.82, 2.24) is 10.2 Å². The van der Waals surface area contributed by atoms with Crippen LogP contribution in [0.5, 0.6) is 0 Å². The fraction of sp³-hybridized carbons (Fsp3) is 0.111. The van der Waals surface area contributed by atoms with E-state index in [1.165, 1.54) is 0 Å². The predicted octanol–water partition coefficient (Wildman–Crippen LogP) is 3.21. The molecular formula is C9H7Cl2N3O. The quantitative estimate of drug-likeness (QED) is 0.842. The molecule has 0 saturated carbocycles. The van der Waals surface area contributed by atoms with Gasteiger partial charge in [0.1, 0.15) is 5.88 Å². The Morgan fingerprint density at radius 3 is 2.53 bits per heavy atom. The lowest BCUT2D eigenvalue weighted by molar-refractivity contribution is 0.530. The van der Waals surface area contributed by atoms with Crippen LogP contribution in [0.1, 0.15) is 5.89 Å². The van der Waals surface area contributed by atoms with Gasteiger partial charge in [0.15, 0.2) is 0 Å². The van der Waals surface area contributed by atoms with Gasteiger partial charge in [0.25, 0.3) is 0 Å². The number of nitrogens with one attached hydrogen (secondary N) is 1. The van der Waals surface area contributed by atoms with Crippen LogP contribution in [0.3, 0.4) is 0 Å². The molecule has 4 nitrogen and oxygen atoms in total. The van der Waals surface area contributed by atoms with Crippen LogP contribution in [0, 0.1) is 0 Å². The van der Waals surface area contributed by atoms with Crippen molar-refractivity contribution in [3.63, 3.8) is 0 Å². The Labute approximate surface area is 96.2 Å². The molecule has 6 heteroatoms. The van der Waals surface area contributed by atoms with Crippen molar-refractivity contribution in [2.45, 2.75) is 5.88 Å². The van der Waals surface area contributed by atoms with Gasteiger partial charge in [-0.05, 0) is 24.3 Å². The average Bonchev–Trinajstić information content (AvgIpc) is 2.69. The summed E-state index contributed by atoms with van der Waals surface area (Å²) in [5, 5.41) is 11.1. The third-order valence-electron chi connectivity index (χ3n) is 1.68. The molecule has 0 aliphatic carbocycles. The summed E-state index contributed by atoms with van der Waals surface area (Å²) in [6.45, 7) is 0. The second-order valence-corrected chi connectivity index (χ2v) is 3.47. The Morgan fingerprint density at radius 1 is 1.20 bits per heavy atom. The van der Waals surface area contributed by atoms with Crippen molar-refractivity contribution in [3.8, 4) is 0 Å². The van der Waals surface area contributed by atoms with Crippen molar-refractivity contribution in [2.75, 3.05) is 5.32 Å². The van der Waals surface area contributed by atoms with E-state index in [1.54, 1.807) is 12.1 Å². The summed E-state index contributed by atoms with van der Waals surface area (Å²) in [6, 6.07) is 7.47. The lowest BCUT2D eigenvalue weighted by atomic mass is 10.3. The van der Waals surface area contributed by atoms with Crippen LogP contribution in [-0.2, 0) is 5.88 Å². The molecule has 0 fully saturated rings. The molecule has 1 aromatic heterocycles. The standard InChI is InChI=1S/C9H7Cl2N3O/c10-5-8-13-14-9(15-8)12-7-3-1-6(11)2-4-7/h1-4H,5H2,(H,12,14). The third-order valence-corrected chi connectivity index (χ3v) is 2.16. The number of hydrogen-bond donors (Lipinski definition) is 1. The normalized spacial score (nSPS) is 10.3. The van der Waals surface area contributed by atoms with Crippen LogP contribution in [0.25, 0.3) is 0 Å². The number of alkyl halides is 1. The van der Waals surface area contributed by atoms with Gasteiger partial charge in [0.2, 0.25) is 5.89 Å². The maximum atomic E-state index is 5.74. The zero-order valence-corrected chi connectivity index (χ0v) is 9.09. The van der Waals surface area contributed by atoms with E-state index in [4.69, 9.17) is 27.6 Å². The molecule has 0 spiro atoms. The van der Waals surface area contributed by atoms with Crippen LogP contribution in [0.2, 0.25) is 5.02 Å². The molecule has 1 N–H and O–H groups in total. The fourth-order valence-electron chi connectivity index (χ4n) is 1.01. The van der Waals surface area contributed by atoms with Crippen molar-refractivity contribution in [2.24, 2.45) is 0 Å². The van der Waals surface area contributed by atoms with Gasteiger partial charge >= 0.3 is 6.01 Å². The summed E-state index contributed by atoms with van der Waals surface area (Å²) >= 11 is 11.3. The number of aromatic nitrogens is 2. The van der Waals surface area contributed by atoms with Crippen LogP contribution in [0.4, 0.5) is 11.7 Å². The van der Waals surface area contributed by atoms with E-state index in [1.807, 2.05) is 12.1 Å². The molecule has 0 aliphatic heterocycles. The fourth-order valence-corrected chi connectivity index (χ4v) is 1.25. The molecule has 0 unspecified atom stereocenters. The molecule has 78 valence electrons. The first kappa shape index (κ1) is 10.3. The Bertz CT molecular complexity index is 441. The maximum Gasteiger partial charge on any atom is 0.320 e. The third kappa shape index (κ3) is 2.61. The molecule has 1 aromatic carbocycles. The molecule has 2 aromatic rings. The summed E-state index contributed by atoms with van der Waals surface area (Å²) in [5.74, 6) is 0.586.